The van der Waals surface area contributed by atoms with Gasteiger partial charge in [0.2, 0.25) is 5.79 Å². The van der Waals surface area contributed by atoms with Crippen LogP contribution in [-0.4, -0.2) is 19.0 Å². The molecule has 0 aromatic rings. The Morgan fingerprint density at radius 1 is 0.700 bits per heavy atom. The summed E-state index contributed by atoms with van der Waals surface area (Å²) in [6, 6.07) is 0. The molecule has 0 spiro atoms. The monoisotopic (exact) mass is 288 g/mol. The van der Waals surface area contributed by atoms with Crippen LogP contribution in [-0.2, 0) is 19.6 Å². The molecule has 1 fully saturated rings. The largest absolute Gasteiger partial charge is 0.234 e. The van der Waals surface area contributed by atoms with Gasteiger partial charge in [0.1, 0.15) is 0 Å². The van der Waals surface area contributed by atoms with Gasteiger partial charge in [-0.15, -0.1) is 0 Å². The van der Waals surface area contributed by atoms with Gasteiger partial charge in [0.15, 0.2) is 0 Å². The lowest BCUT2D eigenvalue weighted by molar-refractivity contribution is -0.517. The molecule has 0 aliphatic heterocycles. The first-order valence-electron chi connectivity index (χ1n) is 8.44. The van der Waals surface area contributed by atoms with Gasteiger partial charge in [-0.05, 0) is 25.7 Å². The van der Waals surface area contributed by atoms with E-state index in [2.05, 4.69) is 13.8 Å². The Bertz CT molecular complexity index is 199. The van der Waals surface area contributed by atoms with Crippen LogP contribution in [0.3, 0.4) is 0 Å². The molecule has 1 aliphatic carbocycles. The van der Waals surface area contributed by atoms with Gasteiger partial charge < -0.3 is 0 Å². The van der Waals surface area contributed by atoms with Crippen LogP contribution >= 0.6 is 0 Å². The van der Waals surface area contributed by atoms with E-state index in [1.54, 1.807) is 0 Å². The SMILES string of the molecule is CCCCCOOC1(OOCCCCC)CCCCC1. The lowest BCUT2D eigenvalue weighted by atomic mass is 9.94. The van der Waals surface area contributed by atoms with Gasteiger partial charge in [0, 0.05) is 12.8 Å². The topological polar surface area (TPSA) is 36.9 Å². The highest BCUT2D eigenvalue weighted by Crippen LogP contribution is 2.33. The Hall–Kier alpha value is -0.160. The summed E-state index contributed by atoms with van der Waals surface area (Å²) in [4.78, 5) is 21.9. The Kier molecular flexibility index (Phi) is 10.3. The van der Waals surface area contributed by atoms with Crippen molar-refractivity contribution in [2.45, 2.75) is 90.3 Å². The van der Waals surface area contributed by atoms with E-state index in [4.69, 9.17) is 19.6 Å². The zero-order valence-electron chi connectivity index (χ0n) is 13.3. The minimum atomic E-state index is -0.670. The Labute approximate surface area is 124 Å². The highest BCUT2D eigenvalue weighted by molar-refractivity contribution is 4.72. The van der Waals surface area contributed by atoms with Crippen LogP contribution in [0, 0.1) is 0 Å². The molecule has 4 nitrogen and oxygen atoms in total. The maximum Gasteiger partial charge on any atom is 0.233 e. The van der Waals surface area contributed by atoms with Gasteiger partial charge in [-0.2, -0.15) is 9.78 Å². The fourth-order valence-electron chi connectivity index (χ4n) is 2.39. The van der Waals surface area contributed by atoms with Crippen molar-refractivity contribution < 1.29 is 19.6 Å². The molecule has 4 heteroatoms. The quantitative estimate of drug-likeness (QED) is 0.221. The summed E-state index contributed by atoms with van der Waals surface area (Å²) < 4.78 is 0. The van der Waals surface area contributed by atoms with Crippen molar-refractivity contribution >= 4 is 0 Å². The van der Waals surface area contributed by atoms with Gasteiger partial charge in [-0.25, -0.2) is 9.78 Å². The van der Waals surface area contributed by atoms with Crippen molar-refractivity contribution in [3.8, 4) is 0 Å². The Morgan fingerprint density at radius 2 is 1.20 bits per heavy atom. The lowest BCUT2D eigenvalue weighted by Crippen LogP contribution is -2.38. The van der Waals surface area contributed by atoms with Crippen molar-refractivity contribution in [2.24, 2.45) is 0 Å². The fourth-order valence-corrected chi connectivity index (χ4v) is 2.39. The van der Waals surface area contributed by atoms with Crippen LogP contribution in [0.4, 0.5) is 0 Å². The van der Waals surface area contributed by atoms with Crippen LogP contribution in [0.25, 0.3) is 0 Å². The van der Waals surface area contributed by atoms with Crippen molar-refractivity contribution in [1.29, 1.82) is 0 Å². The second-order valence-corrected chi connectivity index (χ2v) is 5.70. The van der Waals surface area contributed by atoms with Crippen LogP contribution < -0.4 is 0 Å². The van der Waals surface area contributed by atoms with Gasteiger partial charge in [-0.1, -0.05) is 46.0 Å². The van der Waals surface area contributed by atoms with Gasteiger partial charge >= 0.3 is 0 Å². The van der Waals surface area contributed by atoms with E-state index in [9.17, 15) is 0 Å². The molecule has 0 unspecified atom stereocenters. The molecule has 1 aliphatic rings. The van der Waals surface area contributed by atoms with Crippen molar-refractivity contribution in [3.05, 3.63) is 0 Å². The summed E-state index contributed by atoms with van der Waals surface area (Å²) in [5.41, 5.74) is 0. The van der Waals surface area contributed by atoms with E-state index in [1.807, 2.05) is 0 Å². The average molecular weight is 288 g/mol. The molecule has 1 rings (SSSR count). The molecule has 0 aromatic carbocycles. The minimum absolute atomic E-state index is 0.634. The highest BCUT2D eigenvalue weighted by Gasteiger charge is 2.37. The zero-order valence-corrected chi connectivity index (χ0v) is 13.3. The van der Waals surface area contributed by atoms with Crippen molar-refractivity contribution in [1.82, 2.24) is 0 Å². The van der Waals surface area contributed by atoms with E-state index >= 15 is 0 Å². The predicted molar refractivity (Wildman–Crippen MR) is 78.9 cm³/mol. The van der Waals surface area contributed by atoms with Gasteiger partial charge in [0.05, 0.1) is 13.2 Å². The maximum atomic E-state index is 5.58. The Morgan fingerprint density at radius 3 is 1.65 bits per heavy atom. The normalized spacial score (nSPS) is 18.3. The number of hydrogen-bond acceptors (Lipinski definition) is 4. The summed E-state index contributed by atoms with van der Waals surface area (Å²) in [6.45, 7) is 5.62. The van der Waals surface area contributed by atoms with Gasteiger partial charge in [-0.3, -0.25) is 0 Å². The van der Waals surface area contributed by atoms with E-state index in [0.29, 0.717) is 13.2 Å². The van der Waals surface area contributed by atoms with Crippen LogP contribution in [0.2, 0.25) is 0 Å². The summed E-state index contributed by atoms with van der Waals surface area (Å²) in [5.74, 6) is -0.670. The molecule has 0 aromatic heterocycles. The predicted octanol–water partition coefficient (Wildman–Crippen LogP) is 4.92. The standard InChI is InChI=1S/C16H32O4/c1-3-5-10-14-17-19-16(12-8-7-9-13-16)20-18-15-11-6-4-2/h3-15H2,1-2H3. The molecule has 0 atom stereocenters. The van der Waals surface area contributed by atoms with Gasteiger partial charge in [0.25, 0.3) is 0 Å². The first-order valence-corrected chi connectivity index (χ1v) is 8.44. The second kappa shape index (κ2) is 11.5. The molecule has 20 heavy (non-hydrogen) atoms. The second-order valence-electron chi connectivity index (χ2n) is 5.70. The Balaban J connectivity index is 2.22. The highest BCUT2D eigenvalue weighted by atomic mass is 17.3. The molecule has 0 N–H and O–H groups in total. The number of unbranched alkanes of at least 4 members (excludes halogenated alkanes) is 4. The molecule has 0 saturated heterocycles. The summed E-state index contributed by atoms with van der Waals surface area (Å²) in [7, 11) is 0. The molecule has 0 bridgehead atoms. The third kappa shape index (κ3) is 7.58. The smallest absolute Gasteiger partial charge is 0.233 e. The fraction of sp³-hybridized carbons (Fsp3) is 1.00. The molecule has 1 saturated carbocycles. The van der Waals surface area contributed by atoms with Crippen molar-refractivity contribution in [3.63, 3.8) is 0 Å². The van der Waals surface area contributed by atoms with Crippen LogP contribution in [0.5, 0.6) is 0 Å². The molecule has 120 valence electrons. The molecular formula is C16H32O4. The van der Waals surface area contributed by atoms with Crippen LogP contribution in [0.1, 0.15) is 84.5 Å². The summed E-state index contributed by atoms with van der Waals surface area (Å²) >= 11 is 0. The van der Waals surface area contributed by atoms with E-state index in [1.165, 1.54) is 32.1 Å². The summed E-state index contributed by atoms with van der Waals surface area (Å²) in [5, 5.41) is 0. The average Bonchev–Trinajstić information content (AvgIpc) is 2.48. The van der Waals surface area contributed by atoms with Crippen molar-refractivity contribution in [2.75, 3.05) is 13.2 Å². The number of hydrogen-bond donors (Lipinski definition) is 0. The van der Waals surface area contributed by atoms with E-state index in [-0.39, 0.29) is 0 Å². The third-order valence-electron chi connectivity index (χ3n) is 3.70. The summed E-state index contributed by atoms with van der Waals surface area (Å²) in [6.07, 6.45) is 11.9. The maximum absolute atomic E-state index is 5.58. The number of rotatable bonds is 12. The first kappa shape index (κ1) is 17.9. The molecule has 0 heterocycles. The molecular weight excluding hydrogens is 256 g/mol. The first-order chi connectivity index (χ1) is 9.83. The zero-order chi connectivity index (χ0) is 14.5. The lowest BCUT2D eigenvalue weighted by Gasteiger charge is -2.33. The van der Waals surface area contributed by atoms with E-state index in [0.717, 1.165) is 38.5 Å². The molecule has 0 amide bonds. The van der Waals surface area contributed by atoms with Crippen LogP contribution in [0.15, 0.2) is 0 Å². The third-order valence-corrected chi connectivity index (χ3v) is 3.70. The minimum Gasteiger partial charge on any atom is -0.234 e. The molecule has 0 radical (unpaired) electrons. The van der Waals surface area contributed by atoms with E-state index < -0.39 is 5.79 Å².